The van der Waals surface area contributed by atoms with E-state index in [1.807, 2.05) is 6.07 Å². The first-order valence-corrected chi connectivity index (χ1v) is 6.83. The standard InChI is InChI=1S/C12H14ClNO3S/c13-11-3-1-10(18-11)2-4-12(16)14-5-6-17-8-9(14)7-15/h1-4,9,15H,5-8H2/b4-2+. The molecule has 1 aliphatic rings. The number of aliphatic hydroxyl groups excluding tert-OH is 1. The quantitative estimate of drug-likeness (QED) is 0.860. The third-order valence-corrected chi connectivity index (χ3v) is 3.90. The van der Waals surface area contributed by atoms with Crippen molar-refractivity contribution in [2.75, 3.05) is 26.4 Å². The van der Waals surface area contributed by atoms with E-state index in [4.69, 9.17) is 16.3 Å². The zero-order valence-corrected chi connectivity index (χ0v) is 11.3. The number of nitrogens with zero attached hydrogens (tertiary/aromatic N) is 1. The molecule has 1 aromatic rings. The minimum atomic E-state index is -0.247. The van der Waals surface area contributed by atoms with Gasteiger partial charge in [0, 0.05) is 17.5 Å². The lowest BCUT2D eigenvalue weighted by Gasteiger charge is -2.33. The first-order valence-electron chi connectivity index (χ1n) is 5.63. The summed E-state index contributed by atoms with van der Waals surface area (Å²) in [5, 5.41) is 9.19. The lowest BCUT2D eigenvalue weighted by Crippen LogP contribution is -2.49. The van der Waals surface area contributed by atoms with Gasteiger partial charge in [-0.1, -0.05) is 11.6 Å². The summed E-state index contributed by atoms with van der Waals surface area (Å²) in [6.45, 7) is 1.34. The van der Waals surface area contributed by atoms with Crippen LogP contribution in [-0.4, -0.2) is 48.3 Å². The summed E-state index contributed by atoms with van der Waals surface area (Å²) in [6.07, 6.45) is 3.25. The van der Waals surface area contributed by atoms with Crippen molar-refractivity contribution in [2.45, 2.75) is 6.04 Å². The van der Waals surface area contributed by atoms with Gasteiger partial charge < -0.3 is 14.7 Å². The van der Waals surface area contributed by atoms with Crippen molar-refractivity contribution in [3.05, 3.63) is 27.4 Å². The molecule has 0 bridgehead atoms. The zero-order valence-electron chi connectivity index (χ0n) is 9.71. The molecule has 1 amide bonds. The number of amides is 1. The average molecular weight is 288 g/mol. The maximum absolute atomic E-state index is 12.0. The molecule has 0 spiro atoms. The highest BCUT2D eigenvalue weighted by molar-refractivity contribution is 7.17. The normalized spacial score (nSPS) is 20.6. The second kappa shape index (κ2) is 6.33. The number of hydrogen-bond donors (Lipinski definition) is 1. The Bertz CT molecular complexity index is 446. The van der Waals surface area contributed by atoms with Gasteiger partial charge in [-0.3, -0.25) is 4.79 Å². The van der Waals surface area contributed by atoms with Gasteiger partial charge in [0.15, 0.2) is 0 Å². The Morgan fingerprint density at radius 1 is 1.67 bits per heavy atom. The second-order valence-corrected chi connectivity index (χ2v) is 5.66. The fourth-order valence-corrected chi connectivity index (χ4v) is 2.73. The highest BCUT2D eigenvalue weighted by Crippen LogP contribution is 2.22. The lowest BCUT2D eigenvalue weighted by molar-refractivity contribution is -0.136. The molecule has 0 saturated carbocycles. The van der Waals surface area contributed by atoms with Crippen LogP contribution in [0.1, 0.15) is 4.88 Å². The Kier molecular flexibility index (Phi) is 4.77. The van der Waals surface area contributed by atoms with E-state index in [1.54, 1.807) is 17.0 Å². The topological polar surface area (TPSA) is 49.8 Å². The van der Waals surface area contributed by atoms with Crippen LogP contribution in [-0.2, 0) is 9.53 Å². The van der Waals surface area contributed by atoms with Crippen LogP contribution in [0.25, 0.3) is 6.08 Å². The van der Waals surface area contributed by atoms with Crippen molar-refractivity contribution >= 4 is 34.9 Å². The van der Waals surface area contributed by atoms with Crippen molar-refractivity contribution in [2.24, 2.45) is 0 Å². The van der Waals surface area contributed by atoms with E-state index < -0.39 is 0 Å². The predicted octanol–water partition coefficient (Wildman–Crippen LogP) is 1.63. The molecule has 6 heteroatoms. The van der Waals surface area contributed by atoms with Crippen LogP contribution in [0, 0.1) is 0 Å². The molecule has 1 aliphatic heterocycles. The van der Waals surface area contributed by atoms with Crippen LogP contribution in [0.3, 0.4) is 0 Å². The van der Waals surface area contributed by atoms with Gasteiger partial charge in [0.1, 0.15) is 0 Å². The number of halogens is 1. The van der Waals surface area contributed by atoms with Crippen molar-refractivity contribution in [1.82, 2.24) is 4.90 Å². The van der Waals surface area contributed by atoms with Gasteiger partial charge in [0.25, 0.3) is 0 Å². The van der Waals surface area contributed by atoms with E-state index in [2.05, 4.69) is 0 Å². The van der Waals surface area contributed by atoms with Crippen LogP contribution < -0.4 is 0 Å². The van der Waals surface area contributed by atoms with Crippen LogP contribution in [0.4, 0.5) is 0 Å². The number of carbonyl (C=O) groups excluding carboxylic acids is 1. The predicted molar refractivity (Wildman–Crippen MR) is 71.8 cm³/mol. The number of thiophene rings is 1. The van der Waals surface area contributed by atoms with Gasteiger partial charge >= 0.3 is 0 Å². The molecule has 1 aromatic heterocycles. The van der Waals surface area contributed by atoms with Crippen molar-refractivity contribution < 1.29 is 14.6 Å². The summed E-state index contributed by atoms with van der Waals surface area (Å²) in [6, 6.07) is 3.41. The molecule has 1 N–H and O–H groups in total. The fourth-order valence-electron chi connectivity index (χ4n) is 1.76. The second-order valence-electron chi connectivity index (χ2n) is 3.92. The van der Waals surface area contributed by atoms with E-state index in [0.29, 0.717) is 24.1 Å². The molecule has 2 rings (SSSR count). The SMILES string of the molecule is O=C(/C=C/c1ccc(Cl)s1)N1CCOCC1CO. The van der Waals surface area contributed by atoms with Crippen LogP contribution in [0.2, 0.25) is 4.34 Å². The summed E-state index contributed by atoms with van der Waals surface area (Å²) in [5.41, 5.74) is 0. The molecule has 2 heterocycles. The number of rotatable bonds is 3. The van der Waals surface area contributed by atoms with Crippen molar-refractivity contribution in [3.8, 4) is 0 Å². The van der Waals surface area contributed by atoms with E-state index in [0.717, 1.165) is 4.88 Å². The average Bonchev–Trinajstić information content (AvgIpc) is 2.81. The highest BCUT2D eigenvalue weighted by Gasteiger charge is 2.25. The Labute approximate surface area is 114 Å². The van der Waals surface area contributed by atoms with Gasteiger partial charge in [0.2, 0.25) is 5.91 Å². The number of carbonyl (C=O) groups is 1. The third-order valence-electron chi connectivity index (χ3n) is 2.71. The van der Waals surface area contributed by atoms with Crippen LogP contribution >= 0.6 is 22.9 Å². The summed E-state index contributed by atoms with van der Waals surface area (Å²) >= 11 is 7.23. The fraction of sp³-hybridized carbons (Fsp3) is 0.417. The minimum absolute atomic E-state index is 0.0790. The van der Waals surface area contributed by atoms with Gasteiger partial charge in [-0.05, 0) is 18.2 Å². The maximum Gasteiger partial charge on any atom is 0.247 e. The first-order chi connectivity index (χ1) is 8.70. The van der Waals surface area contributed by atoms with Crippen LogP contribution in [0.5, 0.6) is 0 Å². The third kappa shape index (κ3) is 3.32. The Morgan fingerprint density at radius 3 is 3.17 bits per heavy atom. The van der Waals surface area contributed by atoms with Crippen molar-refractivity contribution in [1.29, 1.82) is 0 Å². The number of hydrogen-bond acceptors (Lipinski definition) is 4. The summed E-state index contributed by atoms with van der Waals surface area (Å²) in [4.78, 5) is 14.6. The largest absolute Gasteiger partial charge is 0.394 e. The number of aliphatic hydroxyl groups is 1. The summed E-state index contributed by atoms with van der Waals surface area (Å²) < 4.78 is 5.92. The van der Waals surface area contributed by atoms with Crippen LogP contribution in [0.15, 0.2) is 18.2 Å². The minimum Gasteiger partial charge on any atom is -0.394 e. The Hall–Kier alpha value is -0.880. The first kappa shape index (κ1) is 13.5. The molecule has 1 saturated heterocycles. The van der Waals surface area contributed by atoms with Gasteiger partial charge in [-0.15, -0.1) is 11.3 Å². The number of morpholine rings is 1. The van der Waals surface area contributed by atoms with E-state index in [9.17, 15) is 9.90 Å². The lowest BCUT2D eigenvalue weighted by atomic mass is 10.2. The molecule has 4 nitrogen and oxygen atoms in total. The molecule has 18 heavy (non-hydrogen) atoms. The molecule has 1 atom stereocenters. The molecule has 1 unspecified atom stereocenters. The smallest absolute Gasteiger partial charge is 0.247 e. The molecule has 0 radical (unpaired) electrons. The van der Waals surface area contributed by atoms with E-state index in [-0.39, 0.29) is 18.6 Å². The molecule has 0 aliphatic carbocycles. The van der Waals surface area contributed by atoms with E-state index >= 15 is 0 Å². The Balaban J connectivity index is 2.00. The maximum atomic E-state index is 12.0. The Morgan fingerprint density at radius 2 is 2.50 bits per heavy atom. The highest BCUT2D eigenvalue weighted by atomic mass is 35.5. The molecular formula is C12H14ClNO3S. The van der Waals surface area contributed by atoms with Gasteiger partial charge in [0.05, 0.1) is 30.2 Å². The number of ether oxygens (including phenoxy) is 1. The summed E-state index contributed by atoms with van der Waals surface area (Å²) in [7, 11) is 0. The molecular weight excluding hydrogens is 274 g/mol. The van der Waals surface area contributed by atoms with Gasteiger partial charge in [-0.25, -0.2) is 0 Å². The van der Waals surface area contributed by atoms with E-state index in [1.165, 1.54) is 17.4 Å². The zero-order chi connectivity index (χ0) is 13.0. The monoisotopic (exact) mass is 287 g/mol. The summed E-state index contributed by atoms with van der Waals surface area (Å²) in [5.74, 6) is -0.109. The van der Waals surface area contributed by atoms with Crippen molar-refractivity contribution in [3.63, 3.8) is 0 Å². The molecule has 1 fully saturated rings. The molecule has 0 aromatic carbocycles. The van der Waals surface area contributed by atoms with Gasteiger partial charge in [-0.2, -0.15) is 0 Å². The molecule has 98 valence electrons.